The second-order valence-corrected chi connectivity index (χ2v) is 5.05. The molecule has 3 nitrogen and oxygen atoms in total. The van der Waals surface area contributed by atoms with Crippen LogP contribution in [-0.2, 0) is 4.79 Å². The first-order valence-electron chi connectivity index (χ1n) is 7.10. The first kappa shape index (κ1) is 15.0. The number of nitrogens with one attached hydrogen (secondary N) is 2. The molecule has 0 aromatic heterocycles. The summed E-state index contributed by atoms with van der Waals surface area (Å²) in [6.45, 7) is -0.0516. The third kappa shape index (κ3) is 3.45. The number of benzene rings is 3. The summed E-state index contributed by atoms with van der Waals surface area (Å²) in [5.41, 5.74) is 0.632. The van der Waals surface area contributed by atoms with E-state index in [-0.39, 0.29) is 12.2 Å². The third-order valence-corrected chi connectivity index (χ3v) is 3.43. The molecule has 0 bridgehead atoms. The molecule has 0 heterocycles. The molecule has 0 unspecified atom stereocenters. The van der Waals surface area contributed by atoms with E-state index in [2.05, 4.69) is 10.6 Å². The normalized spacial score (nSPS) is 10.5. The lowest BCUT2D eigenvalue weighted by molar-refractivity contribution is -0.114. The maximum absolute atomic E-state index is 13.5. The molecule has 3 aromatic rings. The number of halogens is 2. The molecule has 1 amide bonds. The Kier molecular flexibility index (Phi) is 4.19. The molecule has 0 atom stereocenters. The number of carbonyl (C=O) groups is 1. The monoisotopic (exact) mass is 312 g/mol. The average molecular weight is 312 g/mol. The quantitative estimate of drug-likeness (QED) is 0.759. The van der Waals surface area contributed by atoms with Gasteiger partial charge in [-0.3, -0.25) is 4.79 Å². The van der Waals surface area contributed by atoms with Crippen molar-refractivity contribution in [1.82, 2.24) is 0 Å². The first-order chi connectivity index (χ1) is 11.1. The van der Waals surface area contributed by atoms with Crippen LogP contribution in [0, 0.1) is 11.6 Å². The zero-order chi connectivity index (χ0) is 16.2. The molecule has 0 saturated heterocycles. The summed E-state index contributed by atoms with van der Waals surface area (Å²) in [7, 11) is 0. The van der Waals surface area contributed by atoms with Crippen LogP contribution in [0.15, 0.2) is 60.7 Å². The SMILES string of the molecule is O=C(CNc1cccc2ccccc12)Nc1cc(F)ccc1F. The van der Waals surface area contributed by atoms with Gasteiger partial charge in [-0.1, -0.05) is 36.4 Å². The molecule has 3 aromatic carbocycles. The second kappa shape index (κ2) is 6.44. The van der Waals surface area contributed by atoms with E-state index in [1.807, 2.05) is 42.5 Å². The molecule has 23 heavy (non-hydrogen) atoms. The minimum Gasteiger partial charge on any atom is -0.376 e. The maximum Gasteiger partial charge on any atom is 0.243 e. The van der Waals surface area contributed by atoms with Gasteiger partial charge >= 0.3 is 0 Å². The van der Waals surface area contributed by atoms with Crippen molar-refractivity contribution in [3.05, 3.63) is 72.3 Å². The van der Waals surface area contributed by atoms with Crippen molar-refractivity contribution < 1.29 is 13.6 Å². The molecule has 0 fully saturated rings. The molecule has 0 spiro atoms. The van der Waals surface area contributed by atoms with Gasteiger partial charge in [-0.25, -0.2) is 8.78 Å². The Balaban J connectivity index is 1.70. The summed E-state index contributed by atoms with van der Waals surface area (Å²) in [4.78, 5) is 11.9. The standard InChI is InChI=1S/C18H14F2N2O/c19-13-8-9-15(20)17(10-13)22-18(23)11-21-16-7-3-5-12-4-1-2-6-14(12)16/h1-10,21H,11H2,(H,22,23). The number of fused-ring (bicyclic) bond motifs is 1. The highest BCUT2D eigenvalue weighted by Gasteiger charge is 2.09. The summed E-state index contributed by atoms with van der Waals surface area (Å²) in [6, 6.07) is 16.4. The van der Waals surface area contributed by atoms with Gasteiger partial charge in [0.2, 0.25) is 5.91 Å². The largest absolute Gasteiger partial charge is 0.376 e. The lowest BCUT2D eigenvalue weighted by Gasteiger charge is -2.10. The number of amides is 1. The van der Waals surface area contributed by atoms with Crippen molar-refractivity contribution in [3.63, 3.8) is 0 Å². The van der Waals surface area contributed by atoms with E-state index in [1.165, 1.54) is 0 Å². The van der Waals surface area contributed by atoms with Crippen LogP contribution in [-0.4, -0.2) is 12.5 Å². The highest BCUT2D eigenvalue weighted by Crippen LogP contribution is 2.22. The highest BCUT2D eigenvalue weighted by molar-refractivity contribution is 5.97. The topological polar surface area (TPSA) is 41.1 Å². The molecule has 0 radical (unpaired) electrons. The number of carbonyl (C=O) groups excluding carboxylic acids is 1. The Bertz CT molecular complexity index is 859. The summed E-state index contributed by atoms with van der Waals surface area (Å²) >= 11 is 0. The maximum atomic E-state index is 13.5. The van der Waals surface area contributed by atoms with E-state index in [0.29, 0.717) is 0 Å². The van der Waals surface area contributed by atoms with Crippen LogP contribution in [0.2, 0.25) is 0 Å². The Morgan fingerprint density at radius 3 is 2.57 bits per heavy atom. The van der Waals surface area contributed by atoms with Crippen LogP contribution in [0.3, 0.4) is 0 Å². The molecule has 0 aliphatic carbocycles. The van der Waals surface area contributed by atoms with Gasteiger partial charge in [-0.2, -0.15) is 0 Å². The van der Waals surface area contributed by atoms with Crippen LogP contribution in [0.1, 0.15) is 0 Å². The minimum atomic E-state index is -0.676. The average Bonchev–Trinajstić information content (AvgIpc) is 2.56. The van der Waals surface area contributed by atoms with Crippen LogP contribution in [0.25, 0.3) is 10.8 Å². The Labute approximate surface area is 131 Å². The molecule has 0 saturated carbocycles. The highest BCUT2D eigenvalue weighted by atomic mass is 19.1. The zero-order valence-electron chi connectivity index (χ0n) is 12.1. The molecule has 0 aliphatic rings. The fraction of sp³-hybridized carbons (Fsp3) is 0.0556. The molecule has 5 heteroatoms. The van der Waals surface area contributed by atoms with E-state index < -0.39 is 17.5 Å². The Morgan fingerprint density at radius 1 is 0.913 bits per heavy atom. The lowest BCUT2D eigenvalue weighted by atomic mass is 10.1. The number of rotatable bonds is 4. The van der Waals surface area contributed by atoms with E-state index in [4.69, 9.17) is 0 Å². The van der Waals surface area contributed by atoms with Crippen molar-refractivity contribution >= 4 is 28.1 Å². The molecule has 2 N–H and O–H groups in total. The third-order valence-electron chi connectivity index (χ3n) is 3.43. The molecule has 116 valence electrons. The summed E-state index contributed by atoms with van der Waals surface area (Å²) < 4.78 is 26.6. The summed E-state index contributed by atoms with van der Waals surface area (Å²) in [5.74, 6) is -1.74. The van der Waals surface area contributed by atoms with Gasteiger partial charge in [0, 0.05) is 17.1 Å². The van der Waals surface area contributed by atoms with Gasteiger partial charge in [-0.05, 0) is 23.6 Å². The van der Waals surface area contributed by atoms with Crippen molar-refractivity contribution in [2.75, 3.05) is 17.2 Å². The molecule has 0 aliphatic heterocycles. The predicted octanol–water partition coefficient (Wildman–Crippen LogP) is 4.17. The van der Waals surface area contributed by atoms with Crippen LogP contribution < -0.4 is 10.6 Å². The smallest absolute Gasteiger partial charge is 0.243 e. The molecular formula is C18H14F2N2O. The van der Waals surface area contributed by atoms with Gasteiger partial charge in [0.25, 0.3) is 0 Å². The van der Waals surface area contributed by atoms with Crippen LogP contribution in [0.4, 0.5) is 20.2 Å². The van der Waals surface area contributed by atoms with Gasteiger partial charge < -0.3 is 10.6 Å². The van der Waals surface area contributed by atoms with Gasteiger partial charge in [0.05, 0.1) is 12.2 Å². The van der Waals surface area contributed by atoms with Crippen LogP contribution >= 0.6 is 0 Å². The fourth-order valence-corrected chi connectivity index (χ4v) is 2.34. The van der Waals surface area contributed by atoms with E-state index in [9.17, 15) is 13.6 Å². The first-order valence-corrected chi connectivity index (χ1v) is 7.10. The lowest BCUT2D eigenvalue weighted by Crippen LogP contribution is -2.22. The number of anilines is 2. The predicted molar refractivity (Wildman–Crippen MR) is 87.4 cm³/mol. The fourth-order valence-electron chi connectivity index (χ4n) is 2.34. The van der Waals surface area contributed by atoms with Gasteiger partial charge in [-0.15, -0.1) is 0 Å². The van der Waals surface area contributed by atoms with Gasteiger partial charge in [0.1, 0.15) is 11.6 Å². The molecular weight excluding hydrogens is 298 g/mol. The zero-order valence-corrected chi connectivity index (χ0v) is 12.1. The summed E-state index contributed by atoms with van der Waals surface area (Å²) in [6.07, 6.45) is 0. The number of hydrogen-bond donors (Lipinski definition) is 2. The molecule has 3 rings (SSSR count). The number of hydrogen-bond acceptors (Lipinski definition) is 2. The van der Waals surface area contributed by atoms with Crippen molar-refractivity contribution in [1.29, 1.82) is 0 Å². The summed E-state index contributed by atoms with van der Waals surface area (Å²) in [5, 5.41) is 7.40. The Hall–Kier alpha value is -2.95. The van der Waals surface area contributed by atoms with Crippen molar-refractivity contribution in [2.45, 2.75) is 0 Å². The van der Waals surface area contributed by atoms with E-state index >= 15 is 0 Å². The van der Waals surface area contributed by atoms with Crippen LogP contribution in [0.5, 0.6) is 0 Å². The van der Waals surface area contributed by atoms with E-state index in [1.54, 1.807) is 0 Å². The second-order valence-electron chi connectivity index (χ2n) is 5.05. The van der Waals surface area contributed by atoms with Crippen molar-refractivity contribution in [2.24, 2.45) is 0 Å². The van der Waals surface area contributed by atoms with Crippen molar-refractivity contribution in [3.8, 4) is 0 Å². The minimum absolute atomic E-state index is 0.0516. The van der Waals surface area contributed by atoms with Gasteiger partial charge in [0.15, 0.2) is 0 Å². The van der Waals surface area contributed by atoms with E-state index in [0.717, 1.165) is 34.7 Å². The Morgan fingerprint density at radius 2 is 1.70 bits per heavy atom.